The van der Waals surface area contributed by atoms with Gasteiger partial charge in [-0.15, -0.1) is 0 Å². The van der Waals surface area contributed by atoms with E-state index in [9.17, 15) is 9.90 Å². The van der Waals surface area contributed by atoms with Crippen LogP contribution in [0, 0.1) is 0 Å². The molecule has 1 unspecified atom stereocenters. The number of para-hydroxylation sites is 1. The highest BCUT2D eigenvalue weighted by Gasteiger charge is 2.11. The molecule has 134 valence electrons. The average Bonchev–Trinajstić information content (AvgIpc) is 3.00. The summed E-state index contributed by atoms with van der Waals surface area (Å²) in [5.41, 5.74) is 3.28. The third-order valence-electron chi connectivity index (χ3n) is 4.61. The van der Waals surface area contributed by atoms with Crippen LogP contribution in [0.4, 0.5) is 0 Å². The molecule has 1 aromatic heterocycles. The summed E-state index contributed by atoms with van der Waals surface area (Å²) in [6.45, 7) is 0.602. The van der Waals surface area contributed by atoms with Crippen LogP contribution in [0.5, 0.6) is 0 Å². The summed E-state index contributed by atoms with van der Waals surface area (Å²) in [5, 5.41) is 13.4. The molecule has 0 aliphatic heterocycles. The van der Waals surface area contributed by atoms with Crippen LogP contribution in [0.1, 0.15) is 23.5 Å². The molecule has 0 saturated heterocycles. The molecule has 1 heterocycles. The number of aryl methyl sites for hydroxylation is 1. The van der Waals surface area contributed by atoms with Gasteiger partial charge in [0.15, 0.2) is 0 Å². The zero-order valence-electron chi connectivity index (χ0n) is 14.9. The number of carbonyl (C=O) groups is 1. The predicted molar refractivity (Wildman–Crippen MR) is 106 cm³/mol. The Labute approximate surface area is 153 Å². The lowest BCUT2D eigenvalue weighted by molar-refractivity contribution is -0.116. The number of rotatable bonds is 7. The number of fused-ring (bicyclic) bond motifs is 1. The number of aliphatic hydroxyl groups excluding tert-OH is 1. The van der Waals surface area contributed by atoms with Crippen molar-refractivity contribution in [3.8, 4) is 0 Å². The molecule has 0 bridgehead atoms. The van der Waals surface area contributed by atoms with Gasteiger partial charge in [-0.3, -0.25) is 4.79 Å². The number of hydrogen-bond donors (Lipinski definition) is 2. The van der Waals surface area contributed by atoms with Crippen LogP contribution in [-0.2, 0) is 11.8 Å². The molecule has 26 heavy (non-hydrogen) atoms. The topological polar surface area (TPSA) is 54.3 Å². The maximum Gasteiger partial charge on any atom is 0.244 e. The zero-order chi connectivity index (χ0) is 18.4. The van der Waals surface area contributed by atoms with Gasteiger partial charge in [-0.1, -0.05) is 48.5 Å². The Morgan fingerprint density at radius 2 is 1.88 bits per heavy atom. The minimum Gasteiger partial charge on any atom is -0.396 e. The molecule has 0 saturated carbocycles. The van der Waals surface area contributed by atoms with Crippen LogP contribution >= 0.6 is 0 Å². The Morgan fingerprint density at radius 3 is 2.65 bits per heavy atom. The van der Waals surface area contributed by atoms with E-state index in [1.54, 1.807) is 6.08 Å². The first-order valence-corrected chi connectivity index (χ1v) is 8.85. The van der Waals surface area contributed by atoms with Crippen LogP contribution in [0.15, 0.2) is 66.9 Å². The van der Waals surface area contributed by atoms with E-state index in [0.29, 0.717) is 13.0 Å². The van der Waals surface area contributed by atoms with Crippen LogP contribution in [0.2, 0.25) is 0 Å². The van der Waals surface area contributed by atoms with Crippen molar-refractivity contribution in [2.75, 3.05) is 13.2 Å². The second-order valence-corrected chi connectivity index (χ2v) is 6.41. The van der Waals surface area contributed by atoms with E-state index in [2.05, 4.69) is 22.0 Å². The second kappa shape index (κ2) is 8.50. The number of nitrogens with one attached hydrogen (secondary N) is 1. The summed E-state index contributed by atoms with van der Waals surface area (Å²) in [6.07, 6.45) is 6.06. The van der Waals surface area contributed by atoms with Gasteiger partial charge in [-0.25, -0.2) is 0 Å². The fourth-order valence-corrected chi connectivity index (χ4v) is 3.22. The number of amides is 1. The summed E-state index contributed by atoms with van der Waals surface area (Å²) >= 11 is 0. The minimum atomic E-state index is -0.128. The molecule has 0 radical (unpaired) electrons. The van der Waals surface area contributed by atoms with Gasteiger partial charge >= 0.3 is 0 Å². The van der Waals surface area contributed by atoms with Crippen molar-refractivity contribution in [3.05, 3.63) is 78.0 Å². The molecular formula is C22H24N2O2. The first-order valence-electron chi connectivity index (χ1n) is 8.85. The normalized spacial score (nSPS) is 12.5. The molecule has 4 nitrogen and oxygen atoms in total. The second-order valence-electron chi connectivity index (χ2n) is 6.41. The van der Waals surface area contributed by atoms with Gasteiger partial charge in [0.2, 0.25) is 5.91 Å². The third-order valence-corrected chi connectivity index (χ3v) is 4.61. The average molecular weight is 348 g/mol. The molecule has 0 fully saturated rings. The van der Waals surface area contributed by atoms with Gasteiger partial charge in [0.05, 0.1) is 0 Å². The van der Waals surface area contributed by atoms with E-state index in [1.165, 1.54) is 0 Å². The number of hydrogen-bond acceptors (Lipinski definition) is 2. The van der Waals surface area contributed by atoms with Crippen LogP contribution < -0.4 is 5.32 Å². The Balaban J connectivity index is 1.65. The number of aliphatic hydroxyl groups is 1. The van der Waals surface area contributed by atoms with Crippen molar-refractivity contribution < 1.29 is 9.90 Å². The van der Waals surface area contributed by atoms with Crippen molar-refractivity contribution in [3.63, 3.8) is 0 Å². The summed E-state index contributed by atoms with van der Waals surface area (Å²) in [5.74, 6) is -0.0205. The molecule has 0 aliphatic rings. The fraction of sp³-hybridized carbons (Fsp3) is 0.227. The molecular weight excluding hydrogens is 324 g/mol. The van der Waals surface area contributed by atoms with Gasteiger partial charge in [0, 0.05) is 54.9 Å². The van der Waals surface area contributed by atoms with E-state index in [0.717, 1.165) is 22.0 Å². The Kier molecular flexibility index (Phi) is 5.87. The molecule has 3 aromatic rings. The number of nitrogens with zero attached hydrogens (tertiary/aromatic N) is 1. The third kappa shape index (κ3) is 4.21. The summed E-state index contributed by atoms with van der Waals surface area (Å²) in [7, 11) is 2.00. The highest BCUT2D eigenvalue weighted by atomic mass is 16.3. The highest BCUT2D eigenvalue weighted by molar-refractivity contribution is 5.96. The van der Waals surface area contributed by atoms with Crippen LogP contribution in [0.25, 0.3) is 17.0 Å². The van der Waals surface area contributed by atoms with Crippen molar-refractivity contribution in [2.45, 2.75) is 12.3 Å². The summed E-state index contributed by atoms with van der Waals surface area (Å²) in [4.78, 5) is 12.2. The summed E-state index contributed by atoms with van der Waals surface area (Å²) in [6, 6.07) is 18.1. The Bertz CT molecular complexity index is 897. The quantitative estimate of drug-likeness (QED) is 0.642. The van der Waals surface area contributed by atoms with Gasteiger partial charge < -0.3 is 15.0 Å². The molecule has 3 rings (SSSR count). The van der Waals surface area contributed by atoms with Crippen molar-refractivity contribution in [2.24, 2.45) is 7.05 Å². The SMILES string of the molecule is Cn1cc(/C=C/C(=O)NCC(CCO)c2ccccc2)c2ccccc21. The molecule has 1 atom stereocenters. The minimum absolute atomic E-state index is 0.0985. The maximum absolute atomic E-state index is 12.2. The first-order chi connectivity index (χ1) is 12.7. The fourth-order valence-electron chi connectivity index (χ4n) is 3.22. The van der Waals surface area contributed by atoms with E-state index in [4.69, 9.17) is 0 Å². The zero-order valence-corrected chi connectivity index (χ0v) is 14.9. The number of carbonyl (C=O) groups excluding carboxylic acids is 1. The van der Waals surface area contributed by atoms with Gasteiger partial charge in [0.25, 0.3) is 0 Å². The lowest BCUT2D eigenvalue weighted by Crippen LogP contribution is -2.27. The number of aromatic nitrogens is 1. The Morgan fingerprint density at radius 1 is 1.15 bits per heavy atom. The van der Waals surface area contributed by atoms with Gasteiger partial charge in [-0.2, -0.15) is 0 Å². The van der Waals surface area contributed by atoms with Gasteiger partial charge in [0.1, 0.15) is 0 Å². The molecule has 2 aromatic carbocycles. The molecule has 0 spiro atoms. The monoisotopic (exact) mass is 348 g/mol. The molecule has 2 N–H and O–H groups in total. The summed E-state index contributed by atoms with van der Waals surface area (Å²) < 4.78 is 2.06. The van der Waals surface area contributed by atoms with E-state index in [1.807, 2.05) is 61.8 Å². The van der Waals surface area contributed by atoms with Crippen molar-refractivity contribution in [1.29, 1.82) is 0 Å². The molecule has 0 aliphatic carbocycles. The first kappa shape index (κ1) is 18.0. The Hall–Kier alpha value is -2.85. The predicted octanol–water partition coefficient (Wildman–Crippen LogP) is 3.47. The van der Waals surface area contributed by atoms with E-state index in [-0.39, 0.29) is 18.4 Å². The van der Waals surface area contributed by atoms with E-state index < -0.39 is 0 Å². The lowest BCUT2D eigenvalue weighted by atomic mass is 9.96. The molecule has 1 amide bonds. The lowest BCUT2D eigenvalue weighted by Gasteiger charge is -2.16. The standard InChI is InChI=1S/C22H24N2O2/c1-24-16-19(20-9-5-6-10-21(20)24)11-12-22(26)23-15-18(13-14-25)17-7-3-2-4-8-17/h2-12,16,18,25H,13-15H2,1H3,(H,23,26)/b12-11+. The largest absolute Gasteiger partial charge is 0.396 e. The van der Waals surface area contributed by atoms with Crippen molar-refractivity contribution >= 4 is 22.9 Å². The van der Waals surface area contributed by atoms with Crippen LogP contribution in [0.3, 0.4) is 0 Å². The smallest absolute Gasteiger partial charge is 0.244 e. The molecule has 4 heteroatoms. The number of benzene rings is 2. The van der Waals surface area contributed by atoms with Crippen LogP contribution in [-0.4, -0.2) is 28.7 Å². The van der Waals surface area contributed by atoms with Crippen molar-refractivity contribution in [1.82, 2.24) is 9.88 Å². The van der Waals surface area contributed by atoms with E-state index >= 15 is 0 Å². The van der Waals surface area contributed by atoms with Gasteiger partial charge in [-0.05, 0) is 24.1 Å². The maximum atomic E-state index is 12.2. The highest BCUT2D eigenvalue weighted by Crippen LogP contribution is 2.21.